The Bertz CT molecular complexity index is 623. The van der Waals surface area contributed by atoms with E-state index in [1.807, 2.05) is 0 Å². The Kier molecular flexibility index (Phi) is 4.35. The quantitative estimate of drug-likeness (QED) is 0.784. The fourth-order valence-corrected chi connectivity index (χ4v) is 1.81. The van der Waals surface area contributed by atoms with Crippen LogP contribution in [0.4, 0.5) is 4.39 Å². The van der Waals surface area contributed by atoms with Crippen molar-refractivity contribution in [1.82, 2.24) is 0 Å². The molecule has 0 aromatic heterocycles. The molecule has 3 nitrogen and oxygen atoms in total. The van der Waals surface area contributed by atoms with Crippen molar-refractivity contribution in [3.05, 3.63) is 59.4 Å². The van der Waals surface area contributed by atoms with Crippen molar-refractivity contribution in [3.63, 3.8) is 0 Å². The van der Waals surface area contributed by atoms with Gasteiger partial charge < -0.3 is 9.47 Å². The van der Waals surface area contributed by atoms with Crippen LogP contribution < -0.4 is 9.47 Å². The molecule has 0 bridgehead atoms. The second-order valence-electron chi connectivity index (χ2n) is 4.32. The van der Waals surface area contributed by atoms with Gasteiger partial charge >= 0.3 is 0 Å². The summed E-state index contributed by atoms with van der Waals surface area (Å²) in [5, 5.41) is 0. The van der Waals surface area contributed by atoms with E-state index in [9.17, 15) is 9.18 Å². The van der Waals surface area contributed by atoms with Crippen LogP contribution in [-0.4, -0.2) is 19.5 Å². The molecule has 0 unspecified atom stereocenters. The first-order valence-corrected chi connectivity index (χ1v) is 6.17. The Labute approximate surface area is 117 Å². The van der Waals surface area contributed by atoms with Gasteiger partial charge in [0.15, 0.2) is 6.61 Å². The number of carbonyl (C=O) groups is 1. The number of Topliss-reactive ketones (excluding diaryl/α,β-unsaturated/α-hetero) is 1. The fraction of sp³-hybridized carbons (Fsp3) is 0.188. The van der Waals surface area contributed by atoms with Crippen LogP contribution in [0.1, 0.15) is 15.9 Å². The van der Waals surface area contributed by atoms with Crippen LogP contribution in [0.15, 0.2) is 42.5 Å². The summed E-state index contributed by atoms with van der Waals surface area (Å²) in [5.74, 6) is 0.487. The standard InChI is InChI=1S/C16H15FO3/c1-11-9-12(7-8-14(11)17)20-10-15(18)13-5-3-4-6-16(13)19-2/h3-9H,10H2,1-2H3. The molecular weight excluding hydrogens is 259 g/mol. The number of aryl methyl sites for hydroxylation is 1. The molecule has 0 fully saturated rings. The number of halogens is 1. The molecule has 4 heteroatoms. The monoisotopic (exact) mass is 274 g/mol. The number of ether oxygens (including phenoxy) is 2. The summed E-state index contributed by atoms with van der Waals surface area (Å²) < 4.78 is 23.6. The molecule has 0 aliphatic rings. The van der Waals surface area contributed by atoms with Crippen molar-refractivity contribution >= 4 is 5.78 Å². The van der Waals surface area contributed by atoms with Gasteiger partial charge in [-0.2, -0.15) is 0 Å². The van der Waals surface area contributed by atoms with Gasteiger partial charge in [-0.05, 0) is 42.8 Å². The second kappa shape index (κ2) is 6.19. The van der Waals surface area contributed by atoms with Gasteiger partial charge in [0.25, 0.3) is 0 Å². The maximum absolute atomic E-state index is 13.1. The van der Waals surface area contributed by atoms with Gasteiger partial charge in [-0.3, -0.25) is 4.79 Å². The minimum Gasteiger partial charge on any atom is -0.496 e. The maximum atomic E-state index is 13.1. The lowest BCUT2D eigenvalue weighted by Crippen LogP contribution is -2.12. The number of ketones is 1. The highest BCUT2D eigenvalue weighted by molar-refractivity contribution is 5.99. The van der Waals surface area contributed by atoms with Gasteiger partial charge in [0, 0.05) is 0 Å². The van der Waals surface area contributed by atoms with E-state index in [-0.39, 0.29) is 18.2 Å². The summed E-state index contributed by atoms with van der Waals surface area (Å²) in [6, 6.07) is 11.3. The average molecular weight is 274 g/mol. The Hall–Kier alpha value is -2.36. The minimum absolute atomic E-state index is 0.120. The third-order valence-electron chi connectivity index (χ3n) is 2.91. The molecule has 0 amide bonds. The number of carbonyl (C=O) groups excluding carboxylic acids is 1. The summed E-state index contributed by atoms with van der Waals surface area (Å²) in [6.07, 6.45) is 0. The van der Waals surface area contributed by atoms with Crippen LogP contribution >= 0.6 is 0 Å². The number of benzene rings is 2. The predicted octanol–water partition coefficient (Wildman–Crippen LogP) is 3.40. The Balaban J connectivity index is 2.06. The predicted molar refractivity (Wildman–Crippen MR) is 74.0 cm³/mol. The molecule has 0 aliphatic heterocycles. The molecule has 2 rings (SSSR count). The summed E-state index contributed by atoms with van der Waals surface area (Å²) in [7, 11) is 1.51. The van der Waals surface area contributed by atoms with Crippen LogP contribution in [0.2, 0.25) is 0 Å². The number of hydrogen-bond donors (Lipinski definition) is 0. The molecule has 104 valence electrons. The van der Waals surface area contributed by atoms with Crippen LogP contribution in [0, 0.1) is 12.7 Å². The van der Waals surface area contributed by atoms with E-state index in [1.165, 1.54) is 19.2 Å². The first-order chi connectivity index (χ1) is 9.61. The maximum Gasteiger partial charge on any atom is 0.203 e. The van der Waals surface area contributed by atoms with Gasteiger partial charge in [0.1, 0.15) is 17.3 Å². The van der Waals surface area contributed by atoms with Crippen molar-refractivity contribution in [2.45, 2.75) is 6.92 Å². The van der Waals surface area contributed by atoms with E-state index in [4.69, 9.17) is 9.47 Å². The Morgan fingerprint density at radius 1 is 1.20 bits per heavy atom. The molecule has 0 spiro atoms. The van der Waals surface area contributed by atoms with E-state index >= 15 is 0 Å². The van der Waals surface area contributed by atoms with Gasteiger partial charge in [-0.1, -0.05) is 12.1 Å². The van der Waals surface area contributed by atoms with Gasteiger partial charge in [0.05, 0.1) is 12.7 Å². The van der Waals surface area contributed by atoms with Crippen molar-refractivity contribution in [2.75, 3.05) is 13.7 Å². The largest absolute Gasteiger partial charge is 0.496 e. The highest BCUT2D eigenvalue weighted by atomic mass is 19.1. The van der Waals surface area contributed by atoms with Crippen LogP contribution in [-0.2, 0) is 0 Å². The Morgan fingerprint density at radius 3 is 2.65 bits per heavy atom. The van der Waals surface area contributed by atoms with Crippen molar-refractivity contribution < 1.29 is 18.7 Å². The summed E-state index contributed by atoms with van der Waals surface area (Å²) in [4.78, 5) is 12.1. The van der Waals surface area contributed by atoms with E-state index in [2.05, 4.69) is 0 Å². The molecule has 0 saturated carbocycles. The number of hydrogen-bond acceptors (Lipinski definition) is 3. The SMILES string of the molecule is COc1ccccc1C(=O)COc1ccc(F)c(C)c1. The summed E-state index contributed by atoms with van der Waals surface area (Å²) in [6.45, 7) is 1.52. The lowest BCUT2D eigenvalue weighted by Gasteiger charge is -2.09. The molecule has 0 atom stereocenters. The highest BCUT2D eigenvalue weighted by Crippen LogP contribution is 2.19. The molecule has 0 saturated heterocycles. The topological polar surface area (TPSA) is 35.5 Å². The zero-order chi connectivity index (χ0) is 14.5. The van der Waals surface area contributed by atoms with E-state index in [1.54, 1.807) is 37.3 Å². The minimum atomic E-state index is -0.298. The zero-order valence-corrected chi connectivity index (χ0v) is 11.4. The van der Waals surface area contributed by atoms with Gasteiger partial charge in [-0.15, -0.1) is 0 Å². The third-order valence-corrected chi connectivity index (χ3v) is 2.91. The van der Waals surface area contributed by atoms with Crippen molar-refractivity contribution in [3.8, 4) is 11.5 Å². The van der Waals surface area contributed by atoms with E-state index < -0.39 is 0 Å². The number of rotatable bonds is 5. The van der Waals surface area contributed by atoms with Gasteiger partial charge in [-0.25, -0.2) is 4.39 Å². The lowest BCUT2D eigenvalue weighted by molar-refractivity contribution is 0.0918. The Morgan fingerprint density at radius 2 is 1.95 bits per heavy atom. The van der Waals surface area contributed by atoms with E-state index in [0.29, 0.717) is 22.6 Å². The van der Waals surface area contributed by atoms with Crippen LogP contribution in [0.5, 0.6) is 11.5 Å². The van der Waals surface area contributed by atoms with Crippen molar-refractivity contribution in [1.29, 1.82) is 0 Å². The summed E-state index contributed by atoms with van der Waals surface area (Å²) in [5.41, 5.74) is 0.945. The third kappa shape index (κ3) is 3.15. The molecule has 20 heavy (non-hydrogen) atoms. The lowest BCUT2D eigenvalue weighted by atomic mass is 10.1. The number of methoxy groups -OCH3 is 1. The van der Waals surface area contributed by atoms with Crippen molar-refractivity contribution in [2.24, 2.45) is 0 Å². The van der Waals surface area contributed by atoms with Gasteiger partial charge in [0.2, 0.25) is 5.78 Å². The zero-order valence-electron chi connectivity index (χ0n) is 11.4. The molecule has 0 N–H and O–H groups in total. The van der Waals surface area contributed by atoms with Crippen LogP contribution in [0.3, 0.4) is 0 Å². The van der Waals surface area contributed by atoms with Crippen LogP contribution in [0.25, 0.3) is 0 Å². The fourth-order valence-electron chi connectivity index (χ4n) is 1.81. The molecule has 0 aliphatic carbocycles. The highest BCUT2D eigenvalue weighted by Gasteiger charge is 2.12. The first-order valence-electron chi connectivity index (χ1n) is 6.17. The second-order valence-corrected chi connectivity index (χ2v) is 4.32. The average Bonchev–Trinajstić information content (AvgIpc) is 2.48. The molecule has 2 aromatic carbocycles. The van der Waals surface area contributed by atoms with E-state index in [0.717, 1.165) is 0 Å². The normalized spacial score (nSPS) is 10.2. The number of para-hydroxylation sites is 1. The summed E-state index contributed by atoms with van der Waals surface area (Å²) >= 11 is 0. The molecule has 2 aromatic rings. The first kappa shape index (κ1) is 14.1. The smallest absolute Gasteiger partial charge is 0.203 e. The molecule has 0 heterocycles. The molecular formula is C16H15FO3. The molecule has 0 radical (unpaired) electrons.